The van der Waals surface area contributed by atoms with E-state index in [-0.39, 0.29) is 10.0 Å². The monoisotopic (exact) mass is 332 g/mol. The van der Waals surface area contributed by atoms with Gasteiger partial charge in [-0.25, -0.2) is 13.1 Å². The molecule has 0 amide bonds. The van der Waals surface area contributed by atoms with Crippen molar-refractivity contribution in [1.29, 1.82) is 0 Å². The van der Waals surface area contributed by atoms with Gasteiger partial charge < -0.3 is 0 Å². The summed E-state index contributed by atoms with van der Waals surface area (Å²) >= 11 is 6.17. The Bertz CT molecular complexity index is 747. The minimum atomic E-state index is -3.93. The largest absolute Gasteiger partial charge is 0.266 e. The fourth-order valence-electron chi connectivity index (χ4n) is 2.14. The van der Waals surface area contributed by atoms with Gasteiger partial charge in [-0.3, -0.25) is 0 Å². The van der Waals surface area contributed by atoms with Crippen LogP contribution in [-0.2, 0) is 15.5 Å². The van der Waals surface area contributed by atoms with Gasteiger partial charge in [-0.1, -0.05) is 24.6 Å². The topological polar surface area (TPSA) is 52.0 Å². The van der Waals surface area contributed by atoms with E-state index in [1.54, 1.807) is 6.92 Å². The number of rotatable bonds is 3. The van der Waals surface area contributed by atoms with Crippen LogP contribution in [-0.4, -0.2) is 18.2 Å². The molecule has 0 spiro atoms. The molecule has 20 heavy (non-hydrogen) atoms. The van der Waals surface area contributed by atoms with Gasteiger partial charge in [0, 0.05) is 10.7 Å². The first-order chi connectivity index (χ1) is 9.24. The third kappa shape index (κ3) is 2.85. The number of halogens is 2. The van der Waals surface area contributed by atoms with E-state index >= 15 is 0 Å². The summed E-state index contributed by atoms with van der Waals surface area (Å²) in [7, 11) is 1.52. The summed E-state index contributed by atoms with van der Waals surface area (Å²) < 4.78 is 24.7. The number of hydrogen-bond acceptors (Lipinski definition) is 3. The van der Waals surface area contributed by atoms with Crippen molar-refractivity contribution < 1.29 is 8.42 Å². The number of nitrogens with zero attached hydrogens (tertiary/aromatic N) is 2. The SMILES string of the molecule is CCc1nn(-c2cc(C)cc(C)c2)c(Cl)c1S(=O)(=O)Cl. The molecule has 0 aliphatic rings. The predicted octanol–water partition coefficient (Wildman–Crippen LogP) is 3.63. The summed E-state index contributed by atoms with van der Waals surface area (Å²) in [4.78, 5) is -0.109. The van der Waals surface area contributed by atoms with E-state index in [0.29, 0.717) is 17.8 Å². The van der Waals surface area contributed by atoms with E-state index in [1.807, 2.05) is 32.0 Å². The summed E-state index contributed by atoms with van der Waals surface area (Å²) in [5.41, 5.74) is 3.16. The minimum Gasteiger partial charge on any atom is -0.220 e. The molecule has 0 atom stereocenters. The number of aryl methyl sites for hydroxylation is 3. The van der Waals surface area contributed by atoms with Crippen LogP contribution in [0.5, 0.6) is 0 Å². The van der Waals surface area contributed by atoms with E-state index < -0.39 is 9.05 Å². The maximum Gasteiger partial charge on any atom is 0.266 e. The molecule has 0 fully saturated rings. The summed E-state index contributed by atoms with van der Waals surface area (Å²) in [6, 6.07) is 5.78. The van der Waals surface area contributed by atoms with Gasteiger partial charge in [-0.2, -0.15) is 5.10 Å². The second kappa shape index (κ2) is 5.39. The normalized spacial score (nSPS) is 11.8. The van der Waals surface area contributed by atoms with Crippen LogP contribution >= 0.6 is 22.3 Å². The van der Waals surface area contributed by atoms with Crippen LogP contribution < -0.4 is 0 Å². The maximum absolute atomic E-state index is 11.6. The Hall–Kier alpha value is -1.04. The Balaban J connectivity index is 2.73. The molecule has 1 heterocycles. The molecule has 1 aromatic heterocycles. The third-order valence-electron chi connectivity index (χ3n) is 2.89. The van der Waals surface area contributed by atoms with Crippen molar-refractivity contribution in [2.45, 2.75) is 32.1 Å². The molecule has 7 heteroatoms. The molecule has 0 saturated carbocycles. The lowest BCUT2D eigenvalue weighted by Crippen LogP contribution is -1.98. The molecular formula is C13H14Cl2N2O2S. The van der Waals surface area contributed by atoms with E-state index in [2.05, 4.69) is 5.10 Å². The molecular weight excluding hydrogens is 319 g/mol. The lowest BCUT2D eigenvalue weighted by Gasteiger charge is -2.06. The van der Waals surface area contributed by atoms with Gasteiger partial charge >= 0.3 is 0 Å². The van der Waals surface area contributed by atoms with Crippen LogP contribution in [0.15, 0.2) is 23.1 Å². The fourth-order valence-corrected chi connectivity index (χ4v) is 4.05. The van der Waals surface area contributed by atoms with Crippen molar-refractivity contribution in [1.82, 2.24) is 9.78 Å². The van der Waals surface area contributed by atoms with Crippen molar-refractivity contribution in [3.63, 3.8) is 0 Å². The first-order valence-corrected chi connectivity index (χ1v) is 8.73. The van der Waals surface area contributed by atoms with Crippen LogP contribution in [0.3, 0.4) is 0 Å². The molecule has 0 unspecified atom stereocenters. The van der Waals surface area contributed by atoms with Crippen molar-refractivity contribution in [3.8, 4) is 5.69 Å². The van der Waals surface area contributed by atoms with Crippen LogP contribution in [0.1, 0.15) is 23.7 Å². The standard InChI is InChI=1S/C13H14Cl2N2O2S/c1-4-11-12(20(15,18)19)13(14)17(16-11)10-6-8(2)5-9(3)7-10/h5-7H,4H2,1-3H3. The molecule has 0 saturated heterocycles. The second-order valence-electron chi connectivity index (χ2n) is 4.62. The minimum absolute atomic E-state index is 0.0156. The zero-order valence-electron chi connectivity index (χ0n) is 11.3. The highest BCUT2D eigenvalue weighted by Crippen LogP contribution is 2.31. The third-order valence-corrected chi connectivity index (χ3v) is 4.73. The Morgan fingerprint density at radius 3 is 2.15 bits per heavy atom. The molecule has 2 aromatic rings. The van der Waals surface area contributed by atoms with Gasteiger partial charge in [0.25, 0.3) is 9.05 Å². The van der Waals surface area contributed by atoms with E-state index in [1.165, 1.54) is 4.68 Å². The van der Waals surface area contributed by atoms with Crippen molar-refractivity contribution >= 4 is 31.3 Å². The molecule has 0 radical (unpaired) electrons. The summed E-state index contributed by atoms with van der Waals surface area (Å²) in [5, 5.41) is 4.28. The smallest absolute Gasteiger partial charge is 0.220 e. The average Bonchev–Trinajstić information content (AvgIpc) is 2.64. The quantitative estimate of drug-likeness (QED) is 0.806. The maximum atomic E-state index is 11.6. The van der Waals surface area contributed by atoms with Crippen LogP contribution in [0.25, 0.3) is 5.69 Å². The van der Waals surface area contributed by atoms with Gasteiger partial charge in [0.05, 0.1) is 11.4 Å². The van der Waals surface area contributed by atoms with E-state index in [9.17, 15) is 8.42 Å². The first-order valence-electron chi connectivity index (χ1n) is 6.04. The van der Waals surface area contributed by atoms with Gasteiger partial charge in [0.1, 0.15) is 4.90 Å². The molecule has 4 nitrogen and oxygen atoms in total. The molecule has 0 aliphatic heterocycles. The summed E-state index contributed by atoms with van der Waals surface area (Å²) in [5.74, 6) is 0. The zero-order valence-corrected chi connectivity index (χ0v) is 13.6. The van der Waals surface area contributed by atoms with Gasteiger partial charge in [-0.15, -0.1) is 0 Å². The number of hydrogen-bond donors (Lipinski definition) is 0. The van der Waals surface area contributed by atoms with E-state index in [4.69, 9.17) is 22.3 Å². The lowest BCUT2D eigenvalue weighted by atomic mass is 10.1. The summed E-state index contributed by atoms with van der Waals surface area (Å²) in [6.45, 7) is 5.71. The van der Waals surface area contributed by atoms with Crippen LogP contribution in [0.4, 0.5) is 0 Å². The molecule has 108 valence electrons. The fraction of sp³-hybridized carbons (Fsp3) is 0.308. The Labute approximate surface area is 127 Å². The molecule has 0 aliphatic carbocycles. The summed E-state index contributed by atoms with van der Waals surface area (Å²) in [6.07, 6.45) is 0.429. The Kier molecular flexibility index (Phi) is 4.14. The molecule has 0 bridgehead atoms. The molecule has 2 rings (SSSR count). The van der Waals surface area contributed by atoms with Crippen molar-refractivity contribution in [2.24, 2.45) is 0 Å². The highest BCUT2D eigenvalue weighted by Gasteiger charge is 2.26. The van der Waals surface area contributed by atoms with Gasteiger partial charge in [0.15, 0.2) is 5.15 Å². The number of benzene rings is 1. The zero-order chi connectivity index (χ0) is 15.1. The van der Waals surface area contributed by atoms with Crippen LogP contribution in [0, 0.1) is 13.8 Å². The Morgan fingerprint density at radius 1 is 1.20 bits per heavy atom. The average molecular weight is 333 g/mol. The van der Waals surface area contributed by atoms with Gasteiger partial charge in [0.2, 0.25) is 0 Å². The lowest BCUT2D eigenvalue weighted by molar-refractivity contribution is 0.608. The van der Waals surface area contributed by atoms with Crippen LogP contribution in [0.2, 0.25) is 5.15 Å². The van der Waals surface area contributed by atoms with Crippen molar-refractivity contribution in [3.05, 3.63) is 40.2 Å². The second-order valence-corrected chi connectivity index (χ2v) is 7.48. The number of aromatic nitrogens is 2. The van der Waals surface area contributed by atoms with Gasteiger partial charge in [-0.05, 0) is 43.5 Å². The highest BCUT2D eigenvalue weighted by atomic mass is 35.7. The van der Waals surface area contributed by atoms with Crippen molar-refractivity contribution in [2.75, 3.05) is 0 Å². The molecule has 1 aromatic carbocycles. The van der Waals surface area contributed by atoms with E-state index in [0.717, 1.165) is 11.1 Å². The highest BCUT2D eigenvalue weighted by molar-refractivity contribution is 8.13. The Morgan fingerprint density at radius 2 is 1.75 bits per heavy atom. The predicted molar refractivity (Wildman–Crippen MR) is 80.5 cm³/mol. The molecule has 0 N–H and O–H groups in total. The first kappa shape index (κ1) is 15.4.